The molecule has 21 heavy (non-hydrogen) atoms. The van der Waals surface area contributed by atoms with Gasteiger partial charge in [-0.25, -0.2) is 4.98 Å². The normalized spacial score (nSPS) is 17.1. The molecule has 1 aromatic heterocycles. The van der Waals surface area contributed by atoms with E-state index in [0.29, 0.717) is 6.42 Å². The van der Waals surface area contributed by atoms with Crippen LogP contribution in [-0.4, -0.2) is 16.9 Å². The quantitative estimate of drug-likeness (QED) is 0.823. The molecular formula is C16H16BrN3O. The number of hydrogen-bond donors (Lipinski definition) is 2. The highest BCUT2D eigenvalue weighted by Crippen LogP contribution is 2.19. The maximum Gasteiger partial charge on any atom is 0.241 e. The van der Waals surface area contributed by atoms with Gasteiger partial charge in [-0.05, 0) is 52.0 Å². The summed E-state index contributed by atoms with van der Waals surface area (Å²) >= 11 is 3.35. The van der Waals surface area contributed by atoms with Crippen molar-refractivity contribution in [2.24, 2.45) is 0 Å². The van der Waals surface area contributed by atoms with Crippen LogP contribution >= 0.6 is 15.9 Å². The molecule has 4 nitrogen and oxygen atoms in total. The Kier molecular flexibility index (Phi) is 4.03. The number of hydrogen-bond acceptors (Lipinski definition) is 3. The summed E-state index contributed by atoms with van der Waals surface area (Å²) in [5.41, 5.74) is 4.22. The van der Waals surface area contributed by atoms with Crippen LogP contribution in [0, 0.1) is 6.92 Å². The molecule has 0 saturated heterocycles. The van der Waals surface area contributed by atoms with E-state index in [2.05, 4.69) is 43.7 Å². The van der Waals surface area contributed by atoms with E-state index in [9.17, 15) is 4.79 Å². The lowest BCUT2D eigenvalue weighted by Crippen LogP contribution is -2.44. The van der Waals surface area contributed by atoms with Crippen LogP contribution in [-0.2, 0) is 17.8 Å². The minimum atomic E-state index is -0.205. The molecule has 0 spiro atoms. The predicted molar refractivity (Wildman–Crippen MR) is 86.1 cm³/mol. The number of pyridine rings is 1. The van der Waals surface area contributed by atoms with Crippen molar-refractivity contribution < 1.29 is 4.79 Å². The van der Waals surface area contributed by atoms with Gasteiger partial charge in [-0.2, -0.15) is 0 Å². The third-order valence-electron chi connectivity index (χ3n) is 3.68. The zero-order valence-corrected chi connectivity index (χ0v) is 13.3. The molecule has 1 atom stereocenters. The molecule has 1 amide bonds. The summed E-state index contributed by atoms with van der Waals surface area (Å²) in [4.78, 5) is 16.6. The number of rotatable bonds is 2. The second-order valence-electron chi connectivity index (χ2n) is 5.23. The zero-order valence-electron chi connectivity index (χ0n) is 11.7. The molecule has 0 unspecified atom stereocenters. The van der Waals surface area contributed by atoms with E-state index >= 15 is 0 Å². The van der Waals surface area contributed by atoms with Crippen LogP contribution in [0.5, 0.6) is 0 Å². The van der Waals surface area contributed by atoms with Crippen LogP contribution < -0.4 is 10.6 Å². The fraction of sp³-hybridized carbons (Fsp3) is 0.250. The van der Waals surface area contributed by atoms with Crippen molar-refractivity contribution in [3.05, 3.63) is 57.8 Å². The van der Waals surface area contributed by atoms with Crippen LogP contribution in [0.4, 0.5) is 5.69 Å². The fourth-order valence-corrected chi connectivity index (χ4v) is 2.71. The second kappa shape index (κ2) is 5.95. The lowest BCUT2D eigenvalue weighted by Gasteiger charge is -2.25. The molecule has 0 radical (unpaired) electrons. The van der Waals surface area contributed by atoms with Crippen molar-refractivity contribution in [3.63, 3.8) is 0 Å². The Balaban J connectivity index is 1.70. The molecule has 1 aliphatic rings. The maximum atomic E-state index is 12.4. The van der Waals surface area contributed by atoms with Crippen molar-refractivity contribution in [1.82, 2.24) is 10.3 Å². The Hall–Kier alpha value is -1.72. The molecule has 0 fully saturated rings. The second-order valence-corrected chi connectivity index (χ2v) is 5.98. The molecule has 108 valence electrons. The number of anilines is 1. The van der Waals surface area contributed by atoms with E-state index in [1.807, 2.05) is 25.1 Å². The van der Waals surface area contributed by atoms with E-state index in [-0.39, 0.29) is 11.9 Å². The van der Waals surface area contributed by atoms with Gasteiger partial charge in [0.05, 0.1) is 17.9 Å². The number of nitrogens with zero attached hydrogens (tertiary/aromatic N) is 1. The van der Waals surface area contributed by atoms with Gasteiger partial charge < -0.3 is 10.6 Å². The SMILES string of the molecule is Cc1cc(NC(=O)[C@@H]2Cc3ccccc3CN2)cnc1Br. The number of carbonyl (C=O) groups is 1. The first-order chi connectivity index (χ1) is 10.1. The predicted octanol–water partition coefficient (Wildman–Crippen LogP) is 2.81. The van der Waals surface area contributed by atoms with Crippen LogP contribution in [0.1, 0.15) is 16.7 Å². The lowest BCUT2D eigenvalue weighted by atomic mass is 9.95. The minimum absolute atomic E-state index is 0.0203. The Labute approximate surface area is 132 Å². The zero-order chi connectivity index (χ0) is 14.8. The van der Waals surface area contributed by atoms with Crippen LogP contribution in [0.15, 0.2) is 41.1 Å². The number of nitrogens with one attached hydrogen (secondary N) is 2. The Morgan fingerprint density at radius 1 is 1.38 bits per heavy atom. The first-order valence-electron chi connectivity index (χ1n) is 6.86. The Morgan fingerprint density at radius 3 is 2.90 bits per heavy atom. The van der Waals surface area contributed by atoms with Gasteiger partial charge in [0.25, 0.3) is 0 Å². The van der Waals surface area contributed by atoms with Gasteiger partial charge in [0.2, 0.25) is 5.91 Å². The smallest absolute Gasteiger partial charge is 0.241 e. The molecule has 0 aliphatic carbocycles. The van der Waals surface area contributed by atoms with E-state index in [0.717, 1.165) is 22.4 Å². The summed E-state index contributed by atoms with van der Waals surface area (Å²) in [7, 11) is 0. The van der Waals surface area contributed by atoms with E-state index < -0.39 is 0 Å². The molecule has 5 heteroatoms. The average Bonchev–Trinajstić information content (AvgIpc) is 2.50. The standard InChI is InChI=1S/C16H16BrN3O/c1-10-6-13(9-19-15(10)17)20-16(21)14-7-11-4-2-3-5-12(11)8-18-14/h2-6,9,14,18H,7-8H2,1H3,(H,20,21)/t14-/m0/s1. The van der Waals surface area contributed by atoms with Gasteiger partial charge >= 0.3 is 0 Å². The Bertz CT molecular complexity index is 687. The van der Waals surface area contributed by atoms with E-state index in [1.54, 1.807) is 6.20 Å². The van der Waals surface area contributed by atoms with E-state index in [4.69, 9.17) is 0 Å². The van der Waals surface area contributed by atoms with Gasteiger partial charge in [-0.3, -0.25) is 4.79 Å². The molecule has 1 aliphatic heterocycles. The van der Waals surface area contributed by atoms with Crippen molar-refractivity contribution in [2.45, 2.75) is 25.9 Å². The monoisotopic (exact) mass is 345 g/mol. The molecule has 2 N–H and O–H groups in total. The van der Waals surface area contributed by atoms with E-state index in [1.165, 1.54) is 11.1 Å². The number of aromatic nitrogens is 1. The summed E-state index contributed by atoms with van der Waals surface area (Å²) < 4.78 is 0.796. The number of aryl methyl sites for hydroxylation is 1. The summed E-state index contributed by atoms with van der Waals surface area (Å²) in [5.74, 6) is -0.0203. The minimum Gasteiger partial charge on any atom is -0.323 e. The van der Waals surface area contributed by atoms with Crippen LogP contribution in [0.3, 0.4) is 0 Å². The lowest BCUT2D eigenvalue weighted by molar-refractivity contribution is -0.118. The first-order valence-corrected chi connectivity index (χ1v) is 7.66. The third-order valence-corrected chi connectivity index (χ3v) is 4.51. The van der Waals surface area contributed by atoms with Gasteiger partial charge in [0.1, 0.15) is 4.60 Å². The summed E-state index contributed by atoms with van der Waals surface area (Å²) in [6, 6.07) is 9.92. The first kappa shape index (κ1) is 14.2. The number of carbonyl (C=O) groups excluding carboxylic acids is 1. The highest BCUT2D eigenvalue weighted by molar-refractivity contribution is 9.10. The molecule has 0 bridgehead atoms. The fourth-order valence-electron chi connectivity index (χ4n) is 2.50. The largest absolute Gasteiger partial charge is 0.323 e. The summed E-state index contributed by atoms with van der Waals surface area (Å²) in [5, 5.41) is 6.21. The number of amides is 1. The molecule has 2 aromatic rings. The summed E-state index contributed by atoms with van der Waals surface area (Å²) in [6.45, 7) is 2.67. The third kappa shape index (κ3) is 3.14. The molecular weight excluding hydrogens is 330 g/mol. The highest BCUT2D eigenvalue weighted by Gasteiger charge is 2.23. The van der Waals surface area contributed by atoms with Crippen molar-refractivity contribution in [2.75, 3.05) is 5.32 Å². The van der Waals surface area contributed by atoms with Crippen LogP contribution in [0.25, 0.3) is 0 Å². The van der Waals surface area contributed by atoms with Gasteiger partial charge in [-0.1, -0.05) is 24.3 Å². The number of fused-ring (bicyclic) bond motifs is 1. The molecule has 2 heterocycles. The van der Waals surface area contributed by atoms with Crippen molar-refractivity contribution >= 4 is 27.5 Å². The van der Waals surface area contributed by atoms with Crippen LogP contribution in [0.2, 0.25) is 0 Å². The van der Waals surface area contributed by atoms with Crippen molar-refractivity contribution in [1.29, 1.82) is 0 Å². The molecule has 3 rings (SSSR count). The summed E-state index contributed by atoms with van der Waals surface area (Å²) in [6.07, 6.45) is 2.37. The molecule has 0 saturated carbocycles. The average molecular weight is 346 g/mol. The maximum absolute atomic E-state index is 12.4. The number of benzene rings is 1. The van der Waals surface area contributed by atoms with Gasteiger partial charge in [-0.15, -0.1) is 0 Å². The topological polar surface area (TPSA) is 54.0 Å². The molecule has 1 aromatic carbocycles. The highest BCUT2D eigenvalue weighted by atomic mass is 79.9. The van der Waals surface area contributed by atoms with Crippen molar-refractivity contribution in [3.8, 4) is 0 Å². The van der Waals surface area contributed by atoms with Gasteiger partial charge in [0, 0.05) is 6.54 Å². The Morgan fingerprint density at radius 2 is 2.14 bits per heavy atom. The van der Waals surface area contributed by atoms with Gasteiger partial charge in [0.15, 0.2) is 0 Å². The number of halogens is 1.